The Hall–Kier alpha value is -3.17. The first kappa shape index (κ1) is 32.2. The summed E-state index contributed by atoms with van der Waals surface area (Å²) in [5.74, 6) is -2.21. The first-order valence-electron chi connectivity index (χ1n) is 14.2. The van der Waals surface area contributed by atoms with Gasteiger partial charge in [0, 0.05) is 51.7 Å². The van der Waals surface area contributed by atoms with Crippen LogP contribution in [0.2, 0.25) is 5.02 Å². The Morgan fingerprint density at radius 2 is 1.82 bits per heavy atom. The second kappa shape index (κ2) is 13.9. The third-order valence-electron chi connectivity index (χ3n) is 8.15. The Labute approximate surface area is 259 Å². The van der Waals surface area contributed by atoms with Gasteiger partial charge in [0.1, 0.15) is 5.02 Å². The molecule has 2 atom stereocenters. The maximum absolute atomic E-state index is 14.1. The molecule has 44 heavy (non-hydrogen) atoms. The predicted molar refractivity (Wildman–Crippen MR) is 160 cm³/mol. The van der Waals surface area contributed by atoms with Crippen LogP contribution >= 0.6 is 11.6 Å². The fraction of sp³-hybridized carbons (Fsp3) is 0.448. The van der Waals surface area contributed by atoms with Crippen LogP contribution in [0.25, 0.3) is 5.69 Å². The number of halogens is 4. The molecule has 2 aromatic carbocycles. The van der Waals surface area contributed by atoms with E-state index in [1.807, 2.05) is 18.2 Å². The zero-order valence-electron chi connectivity index (χ0n) is 24.1. The van der Waals surface area contributed by atoms with E-state index >= 15 is 0 Å². The van der Waals surface area contributed by atoms with Crippen LogP contribution in [0.1, 0.15) is 35.9 Å². The Morgan fingerprint density at radius 3 is 2.48 bits per heavy atom. The van der Waals surface area contributed by atoms with Crippen molar-refractivity contribution in [3.05, 3.63) is 76.4 Å². The molecular weight excluding hydrogens is 621 g/mol. The molecule has 1 aromatic heterocycles. The van der Waals surface area contributed by atoms with Crippen LogP contribution in [0, 0.1) is 11.6 Å². The number of benzene rings is 2. The highest BCUT2D eigenvalue weighted by atomic mass is 35.5. The summed E-state index contributed by atoms with van der Waals surface area (Å²) >= 11 is 6.85. The van der Waals surface area contributed by atoms with E-state index in [0.717, 1.165) is 16.4 Å². The molecule has 2 fully saturated rings. The molecular formula is C29H34ClF3N6O4S. The number of methoxy groups -OCH3 is 1. The number of amides is 2. The van der Waals surface area contributed by atoms with Crippen molar-refractivity contribution in [1.29, 1.82) is 0 Å². The van der Waals surface area contributed by atoms with E-state index in [2.05, 4.69) is 15.5 Å². The fourth-order valence-electron chi connectivity index (χ4n) is 5.84. The molecule has 0 spiro atoms. The van der Waals surface area contributed by atoms with E-state index in [1.54, 1.807) is 19.2 Å². The second-order valence-corrected chi connectivity index (χ2v) is 13.2. The zero-order valence-corrected chi connectivity index (χ0v) is 25.6. The normalized spacial score (nSPS) is 20.2. The van der Waals surface area contributed by atoms with Crippen LogP contribution in [0.15, 0.2) is 48.5 Å². The molecule has 3 aromatic rings. The minimum absolute atomic E-state index is 0.126. The Bertz CT molecular complexity index is 1570. The average Bonchev–Trinajstić information content (AvgIpc) is 3.58. The summed E-state index contributed by atoms with van der Waals surface area (Å²) < 4.78 is 72.7. The Morgan fingerprint density at radius 1 is 1.09 bits per heavy atom. The van der Waals surface area contributed by atoms with Crippen LogP contribution < -0.4 is 10.6 Å². The number of aromatic nitrogens is 2. The lowest BCUT2D eigenvalue weighted by atomic mass is 9.94. The number of rotatable bonds is 10. The number of nitrogens with one attached hydrogen (secondary N) is 2. The second-order valence-electron chi connectivity index (χ2n) is 10.9. The number of carbonyl (C=O) groups is 1. The number of piperidine rings is 1. The first-order valence-corrected chi connectivity index (χ1v) is 16.2. The van der Waals surface area contributed by atoms with E-state index in [0.29, 0.717) is 56.0 Å². The van der Waals surface area contributed by atoms with Gasteiger partial charge in [-0.15, -0.1) is 0 Å². The van der Waals surface area contributed by atoms with Gasteiger partial charge in [-0.25, -0.2) is 31.1 Å². The summed E-state index contributed by atoms with van der Waals surface area (Å²) in [6, 6.07) is 10.4. The highest BCUT2D eigenvalue weighted by Gasteiger charge is 2.36. The van der Waals surface area contributed by atoms with Gasteiger partial charge in [0.05, 0.1) is 24.0 Å². The molecule has 238 valence electrons. The average molecular weight is 655 g/mol. The monoisotopic (exact) mass is 654 g/mol. The number of hydrogen-bond acceptors (Lipinski definition) is 6. The van der Waals surface area contributed by atoms with Crippen molar-refractivity contribution in [2.24, 2.45) is 0 Å². The molecule has 15 heteroatoms. The van der Waals surface area contributed by atoms with Crippen molar-refractivity contribution in [3.63, 3.8) is 0 Å². The molecule has 0 radical (unpaired) electrons. The van der Waals surface area contributed by atoms with Crippen LogP contribution in [-0.4, -0.2) is 91.9 Å². The molecule has 2 aliphatic rings. The van der Waals surface area contributed by atoms with Crippen LogP contribution in [0.4, 0.5) is 23.8 Å². The highest BCUT2D eigenvalue weighted by Crippen LogP contribution is 2.38. The third-order valence-corrected chi connectivity index (χ3v) is 9.95. The Kier molecular flexibility index (Phi) is 10.2. The van der Waals surface area contributed by atoms with Crippen LogP contribution in [0.5, 0.6) is 0 Å². The Balaban J connectivity index is 1.38. The molecule has 2 aliphatic heterocycles. The molecule has 0 unspecified atom stereocenters. The molecule has 0 bridgehead atoms. The maximum atomic E-state index is 14.1. The summed E-state index contributed by atoms with van der Waals surface area (Å²) in [5, 5.41) is 10.8. The number of alkyl halides is 1. The quantitative estimate of drug-likeness (QED) is 0.334. The number of likely N-dealkylation sites (tertiary alicyclic amines) is 1. The minimum Gasteiger partial charge on any atom is -0.383 e. The lowest BCUT2D eigenvalue weighted by molar-refractivity contribution is 0.159. The van der Waals surface area contributed by atoms with Gasteiger partial charge in [-0.3, -0.25) is 10.2 Å². The molecule has 2 amide bonds. The minimum atomic E-state index is -3.96. The van der Waals surface area contributed by atoms with E-state index < -0.39 is 39.7 Å². The molecule has 2 N–H and O–H groups in total. The standard InChI is InChI=1S/C29H34ClF3N6O4S/c1-43-14-13-37-16-22(20-7-8-23(32)24(33)15-20)25(17-37)34-29(40)35-28-26(30)27(36-39(28)21-5-3-2-4-6-21)19-9-11-38(12-10-19)44(41,42)18-31/h2-8,15,19,22,25H,9-14,16-18H2,1H3,(H2,34,35,40)/t22-,25+/m0/s1. The van der Waals surface area contributed by atoms with Gasteiger partial charge in [-0.05, 0) is 42.7 Å². The largest absolute Gasteiger partial charge is 0.383 e. The van der Waals surface area contributed by atoms with E-state index in [1.165, 1.54) is 10.7 Å². The third kappa shape index (κ3) is 7.04. The predicted octanol–water partition coefficient (Wildman–Crippen LogP) is 4.48. The van der Waals surface area contributed by atoms with Crippen molar-refractivity contribution in [2.45, 2.75) is 30.7 Å². The first-order chi connectivity index (χ1) is 21.1. The molecule has 5 rings (SSSR count). The summed E-state index contributed by atoms with van der Waals surface area (Å²) in [6.07, 6.45) is 0.761. The molecule has 2 saturated heterocycles. The molecule has 10 nitrogen and oxygen atoms in total. The highest BCUT2D eigenvalue weighted by molar-refractivity contribution is 7.88. The zero-order chi connectivity index (χ0) is 31.4. The maximum Gasteiger partial charge on any atom is 0.320 e. The van der Waals surface area contributed by atoms with Gasteiger partial charge >= 0.3 is 6.03 Å². The van der Waals surface area contributed by atoms with E-state index in [-0.39, 0.29) is 35.8 Å². The number of hydrogen-bond donors (Lipinski definition) is 2. The van der Waals surface area contributed by atoms with Crippen molar-refractivity contribution >= 4 is 33.5 Å². The number of ether oxygens (including phenoxy) is 1. The van der Waals surface area contributed by atoms with Crippen molar-refractivity contribution in [3.8, 4) is 5.69 Å². The van der Waals surface area contributed by atoms with Gasteiger partial charge < -0.3 is 10.1 Å². The summed E-state index contributed by atoms with van der Waals surface area (Å²) in [4.78, 5) is 15.6. The fourth-order valence-corrected chi connectivity index (χ4v) is 7.07. The van der Waals surface area contributed by atoms with E-state index in [9.17, 15) is 26.4 Å². The number of carbonyl (C=O) groups excluding carboxylic acids is 1. The smallest absolute Gasteiger partial charge is 0.320 e. The lowest BCUT2D eigenvalue weighted by Crippen LogP contribution is -2.42. The van der Waals surface area contributed by atoms with Crippen LogP contribution in [-0.2, 0) is 14.8 Å². The van der Waals surface area contributed by atoms with Crippen molar-refractivity contribution in [1.82, 2.24) is 24.3 Å². The number of para-hydroxylation sites is 1. The number of nitrogens with zero attached hydrogens (tertiary/aromatic N) is 4. The van der Waals surface area contributed by atoms with Gasteiger partial charge in [-0.2, -0.15) is 9.40 Å². The van der Waals surface area contributed by atoms with Crippen molar-refractivity contribution in [2.75, 3.05) is 57.8 Å². The lowest BCUT2D eigenvalue weighted by Gasteiger charge is -2.29. The van der Waals surface area contributed by atoms with Gasteiger partial charge in [0.2, 0.25) is 16.0 Å². The van der Waals surface area contributed by atoms with E-state index in [4.69, 9.17) is 21.4 Å². The molecule has 0 aliphatic carbocycles. The number of urea groups is 1. The summed E-state index contributed by atoms with van der Waals surface area (Å²) in [6.45, 7) is 2.28. The SMILES string of the molecule is COCCN1C[C@@H](NC(=O)Nc2c(Cl)c(C3CCN(S(=O)(=O)CF)CC3)nn2-c2ccccc2)[C@H](c2ccc(F)c(F)c2)C1. The van der Waals surface area contributed by atoms with Gasteiger partial charge in [0.15, 0.2) is 17.5 Å². The summed E-state index contributed by atoms with van der Waals surface area (Å²) in [5.41, 5.74) is 1.69. The van der Waals surface area contributed by atoms with Gasteiger partial charge in [0.25, 0.3) is 0 Å². The van der Waals surface area contributed by atoms with Crippen molar-refractivity contribution < 1.29 is 31.1 Å². The number of anilines is 1. The summed E-state index contributed by atoms with van der Waals surface area (Å²) in [7, 11) is -2.36. The topological polar surface area (TPSA) is 109 Å². The molecule has 0 saturated carbocycles. The number of sulfonamides is 1. The molecule has 3 heterocycles. The van der Waals surface area contributed by atoms with Crippen LogP contribution in [0.3, 0.4) is 0 Å². The van der Waals surface area contributed by atoms with Gasteiger partial charge in [-0.1, -0.05) is 35.9 Å².